The van der Waals surface area contributed by atoms with Crippen molar-refractivity contribution in [1.82, 2.24) is 0 Å². The van der Waals surface area contributed by atoms with E-state index in [1.165, 1.54) is 0 Å². The molecular formula is C7H4Br2. The average Bonchev–Trinajstić information content (AvgIpc) is 1.59. The molecule has 0 aliphatic heterocycles. The number of halogens is 2. The van der Waals surface area contributed by atoms with Crippen molar-refractivity contribution in [2.45, 2.75) is 0 Å². The molecule has 0 saturated carbocycles. The standard InChI is InChI=1S/C7H4Br2/c1-5-2-6(8)4-7(9)3-5/h1-4H. The van der Waals surface area contributed by atoms with Crippen molar-refractivity contribution in [1.29, 1.82) is 0 Å². The summed E-state index contributed by atoms with van der Waals surface area (Å²) < 4.78 is 1.99. The molecule has 0 spiro atoms. The van der Waals surface area contributed by atoms with Gasteiger partial charge < -0.3 is 0 Å². The Kier molecular flexibility index (Phi) is 2.30. The number of rotatable bonds is 0. The zero-order chi connectivity index (χ0) is 6.85. The fourth-order valence-electron chi connectivity index (χ4n) is 0.575. The van der Waals surface area contributed by atoms with Gasteiger partial charge in [-0.05, 0) is 30.7 Å². The molecule has 0 aliphatic carbocycles. The second-order valence-corrected chi connectivity index (χ2v) is 3.53. The van der Waals surface area contributed by atoms with Gasteiger partial charge >= 0.3 is 0 Å². The molecule has 0 unspecified atom stereocenters. The summed E-state index contributed by atoms with van der Waals surface area (Å²) in [5.41, 5.74) is 0.760. The van der Waals surface area contributed by atoms with Gasteiger partial charge in [0.1, 0.15) is 0 Å². The lowest BCUT2D eigenvalue weighted by molar-refractivity contribution is 1.53. The Morgan fingerprint density at radius 3 is 1.78 bits per heavy atom. The third-order valence-corrected chi connectivity index (χ3v) is 1.80. The van der Waals surface area contributed by atoms with Gasteiger partial charge in [0.25, 0.3) is 0 Å². The number of benzene rings is 1. The molecule has 2 heteroatoms. The lowest BCUT2D eigenvalue weighted by Crippen LogP contribution is -1.71. The molecule has 0 nitrogen and oxygen atoms in total. The Balaban J connectivity index is 3.17. The summed E-state index contributed by atoms with van der Waals surface area (Å²) in [6, 6.07) is 5.64. The minimum atomic E-state index is 0.760. The van der Waals surface area contributed by atoms with Crippen LogP contribution in [0.3, 0.4) is 0 Å². The molecule has 1 aromatic carbocycles. The van der Waals surface area contributed by atoms with Crippen LogP contribution in [0.25, 0.3) is 0 Å². The number of hydrogen-bond donors (Lipinski definition) is 0. The molecule has 0 saturated heterocycles. The zero-order valence-corrected chi connectivity index (χ0v) is 7.74. The molecule has 0 atom stereocenters. The van der Waals surface area contributed by atoms with Crippen LogP contribution in [0, 0.1) is 6.92 Å². The highest BCUT2D eigenvalue weighted by Crippen LogP contribution is 2.18. The van der Waals surface area contributed by atoms with Crippen LogP contribution in [0.2, 0.25) is 0 Å². The van der Waals surface area contributed by atoms with Gasteiger partial charge in [-0.2, -0.15) is 0 Å². The maximum Gasteiger partial charge on any atom is 0.0189 e. The van der Waals surface area contributed by atoms with Crippen LogP contribution < -0.4 is 0 Å². The molecule has 0 bridgehead atoms. The fourth-order valence-corrected chi connectivity index (χ4v) is 1.90. The quantitative estimate of drug-likeness (QED) is 0.660. The molecule has 1 aromatic rings. The highest BCUT2D eigenvalue weighted by molar-refractivity contribution is 9.11. The Morgan fingerprint density at radius 2 is 1.44 bits per heavy atom. The molecule has 9 heavy (non-hydrogen) atoms. The van der Waals surface area contributed by atoms with Crippen molar-refractivity contribution >= 4 is 31.9 Å². The van der Waals surface area contributed by atoms with Crippen LogP contribution in [-0.4, -0.2) is 0 Å². The van der Waals surface area contributed by atoms with Gasteiger partial charge in [0.2, 0.25) is 0 Å². The summed E-state index contributed by atoms with van der Waals surface area (Å²) in [7, 11) is 0. The lowest BCUT2D eigenvalue weighted by atomic mass is 10.2. The van der Waals surface area contributed by atoms with Crippen molar-refractivity contribution < 1.29 is 0 Å². The van der Waals surface area contributed by atoms with Crippen molar-refractivity contribution in [3.05, 3.63) is 39.6 Å². The second-order valence-electron chi connectivity index (χ2n) is 1.70. The lowest BCUT2D eigenvalue weighted by Gasteiger charge is -1.93. The van der Waals surface area contributed by atoms with Crippen molar-refractivity contribution in [3.8, 4) is 0 Å². The van der Waals surface area contributed by atoms with Crippen molar-refractivity contribution in [2.24, 2.45) is 0 Å². The van der Waals surface area contributed by atoms with E-state index in [1.807, 2.05) is 18.2 Å². The van der Waals surface area contributed by atoms with E-state index in [0.717, 1.165) is 14.5 Å². The number of hydrogen-bond acceptors (Lipinski definition) is 0. The third-order valence-electron chi connectivity index (χ3n) is 0.885. The van der Waals surface area contributed by atoms with E-state index in [2.05, 4.69) is 31.9 Å². The van der Waals surface area contributed by atoms with E-state index in [4.69, 9.17) is 6.92 Å². The summed E-state index contributed by atoms with van der Waals surface area (Å²) >= 11 is 6.61. The maximum absolute atomic E-state index is 5.50. The van der Waals surface area contributed by atoms with Crippen LogP contribution >= 0.6 is 31.9 Å². The summed E-state index contributed by atoms with van der Waals surface area (Å²) in [4.78, 5) is 0. The highest BCUT2D eigenvalue weighted by atomic mass is 79.9. The summed E-state index contributed by atoms with van der Waals surface area (Å²) in [5, 5.41) is 0. The first-order valence-electron chi connectivity index (χ1n) is 2.40. The molecule has 1 rings (SSSR count). The maximum atomic E-state index is 5.50. The Bertz CT molecular complexity index is 168. The molecule has 0 aliphatic rings. The van der Waals surface area contributed by atoms with Gasteiger partial charge in [0, 0.05) is 8.95 Å². The van der Waals surface area contributed by atoms with Crippen molar-refractivity contribution in [3.63, 3.8) is 0 Å². The van der Waals surface area contributed by atoms with Crippen LogP contribution in [0.5, 0.6) is 0 Å². The molecule has 0 amide bonds. The van der Waals surface area contributed by atoms with Crippen LogP contribution in [-0.2, 0) is 0 Å². The SMILES string of the molecule is [CH]c1cc(Br)cc(Br)c1. The first-order chi connectivity index (χ1) is 4.18. The Morgan fingerprint density at radius 1 is 1.00 bits per heavy atom. The molecule has 2 radical (unpaired) electrons. The van der Waals surface area contributed by atoms with Gasteiger partial charge in [0.15, 0.2) is 0 Å². The van der Waals surface area contributed by atoms with E-state index < -0.39 is 0 Å². The minimum absolute atomic E-state index is 0.760. The fraction of sp³-hybridized carbons (Fsp3) is 0. The Labute approximate surface area is 71.5 Å². The van der Waals surface area contributed by atoms with Gasteiger partial charge in [-0.3, -0.25) is 0 Å². The third kappa shape index (κ3) is 2.11. The predicted molar refractivity (Wildman–Crippen MR) is 45.2 cm³/mol. The largest absolute Gasteiger partial charge is 0.0508 e. The normalized spacial score (nSPS) is 9.67. The van der Waals surface area contributed by atoms with Crippen LogP contribution in [0.15, 0.2) is 27.1 Å². The van der Waals surface area contributed by atoms with E-state index in [-0.39, 0.29) is 0 Å². The van der Waals surface area contributed by atoms with Crippen LogP contribution in [0.4, 0.5) is 0 Å². The monoisotopic (exact) mass is 246 g/mol. The van der Waals surface area contributed by atoms with Gasteiger partial charge in [0.05, 0.1) is 0 Å². The predicted octanol–water partition coefficient (Wildman–Crippen LogP) is 3.27. The second kappa shape index (κ2) is 2.84. The van der Waals surface area contributed by atoms with E-state index in [0.29, 0.717) is 0 Å². The molecule has 0 aromatic heterocycles. The van der Waals surface area contributed by atoms with Gasteiger partial charge in [-0.1, -0.05) is 31.9 Å². The molecule has 46 valence electrons. The molecule has 0 fully saturated rings. The van der Waals surface area contributed by atoms with E-state index in [9.17, 15) is 0 Å². The van der Waals surface area contributed by atoms with Gasteiger partial charge in [-0.15, -0.1) is 0 Å². The topological polar surface area (TPSA) is 0 Å². The average molecular weight is 248 g/mol. The molecule has 0 N–H and O–H groups in total. The van der Waals surface area contributed by atoms with Crippen LogP contribution in [0.1, 0.15) is 5.56 Å². The Hall–Kier alpha value is 0.180. The van der Waals surface area contributed by atoms with E-state index >= 15 is 0 Å². The molecular weight excluding hydrogens is 244 g/mol. The first-order valence-corrected chi connectivity index (χ1v) is 3.98. The summed E-state index contributed by atoms with van der Waals surface area (Å²) in [5.74, 6) is 0. The summed E-state index contributed by atoms with van der Waals surface area (Å²) in [6.45, 7) is 5.50. The smallest absolute Gasteiger partial charge is 0.0189 e. The first kappa shape index (κ1) is 7.29. The zero-order valence-electron chi connectivity index (χ0n) is 4.57. The van der Waals surface area contributed by atoms with E-state index in [1.54, 1.807) is 0 Å². The molecule has 0 heterocycles. The highest BCUT2D eigenvalue weighted by Gasteiger charge is 1.90. The van der Waals surface area contributed by atoms with Gasteiger partial charge in [-0.25, -0.2) is 0 Å². The van der Waals surface area contributed by atoms with Crippen molar-refractivity contribution in [2.75, 3.05) is 0 Å². The summed E-state index contributed by atoms with van der Waals surface area (Å²) in [6.07, 6.45) is 0. The minimum Gasteiger partial charge on any atom is -0.0508 e.